The summed E-state index contributed by atoms with van der Waals surface area (Å²) in [6.07, 6.45) is 16.8. The molecule has 0 aromatic rings. The van der Waals surface area contributed by atoms with E-state index in [9.17, 15) is 4.79 Å². The average Bonchev–Trinajstić information content (AvgIpc) is 3.09. The highest BCUT2D eigenvalue weighted by Gasteiger charge is 2.38. The Hall–Kier alpha value is -0.860. The van der Waals surface area contributed by atoms with Crippen molar-refractivity contribution >= 4 is 12.1 Å². The first-order valence-corrected chi connectivity index (χ1v) is 9.11. The van der Waals surface area contributed by atoms with E-state index in [0.29, 0.717) is 12.3 Å². The second-order valence-corrected chi connectivity index (χ2v) is 7.02. The summed E-state index contributed by atoms with van der Waals surface area (Å²) in [5.74, 6) is 2.50. The predicted molar refractivity (Wildman–Crippen MR) is 88.2 cm³/mol. The molecule has 0 heterocycles. The van der Waals surface area contributed by atoms with Gasteiger partial charge in [0, 0.05) is 12.6 Å². The van der Waals surface area contributed by atoms with E-state index in [1.807, 2.05) is 6.21 Å². The van der Waals surface area contributed by atoms with Gasteiger partial charge >= 0.3 is 0 Å². The molecule has 3 unspecified atom stereocenters. The maximum absolute atomic E-state index is 11.7. The third-order valence-electron chi connectivity index (χ3n) is 5.26. The maximum Gasteiger partial charge on any atom is 0.240 e. The number of nitrogens with one attached hydrogen (secondary N) is 1. The molecule has 3 nitrogen and oxygen atoms in total. The third-order valence-corrected chi connectivity index (χ3v) is 5.26. The van der Waals surface area contributed by atoms with Gasteiger partial charge in [0.1, 0.15) is 0 Å². The second-order valence-electron chi connectivity index (χ2n) is 7.02. The number of amides is 1. The molecule has 1 amide bonds. The lowest BCUT2D eigenvalue weighted by Crippen LogP contribution is -2.19. The molecule has 3 heteroatoms. The van der Waals surface area contributed by atoms with Gasteiger partial charge in [-0.1, -0.05) is 51.9 Å². The zero-order chi connectivity index (χ0) is 14.9. The lowest BCUT2D eigenvalue weighted by Gasteiger charge is -2.16. The molecule has 0 aliphatic heterocycles. The summed E-state index contributed by atoms with van der Waals surface area (Å²) in [5.41, 5.74) is 2.71. The van der Waals surface area contributed by atoms with E-state index in [2.05, 4.69) is 17.5 Å². The molecule has 2 aliphatic rings. The number of fused-ring (bicyclic) bond motifs is 2. The molecule has 0 aromatic carbocycles. The summed E-state index contributed by atoms with van der Waals surface area (Å²) in [6.45, 7) is 2.24. The van der Waals surface area contributed by atoms with Crippen LogP contribution in [-0.2, 0) is 4.79 Å². The number of nitrogens with zero attached hydrogens (tertiary/aromatic N) is 1. The summed E-state index contributed by atoms with van der Waals surface area (Å²) in [5, 5.41) is 4.19. The largest absolute Gasteiger partial charge is 0.273 e. The number of hydrazone groups is 1. The van der Waals surface area contributed by atoms with Crippen molar-refractivity contribution in [3.63, 3.8) is 0 Å². The van der Waals surface area contributed by atoms with E-state index >= 15 is 0 Å². The van der Waals surface area contributed by atoms with Gasteiger partial charge in [-0.05, 0) is 43.4 Å². The zero-order valence-corrected chi connectivity index (χ0v) is 13.7. The zero-order valence-electron chi connectivity index (χ0n) is 13.7. The molecule has 0 aromatic heterocycles. The Morgan fingerprint density at radius 2 is 1.86 bits per heavy atom. The molecule has 21 heavy (non-hydrogen) atoms. The van der Waals surface area contributed by atoms with Gasteiger partial charge in [-0.3, -0.25) is 4.79 Å². The predicted octanol–water partition coefficient (Wildman–Crippen LogP) is 4.67. The van der Waals surface area contributed by atoms with Crippen LogP contribution in [0.4, 0.5) is 0 Å². The topological polar surface area (TPSA) is 41.5 Å². The van der Waals surface area contributed by atoms with Crippen molar-refractivity contribution < 1.29 is 4.79 Å². The van der Waals surface area contributed by atoms with E-state index in [1.165, 1.54) is 64.2 Å². The molecule has 2 fully saturated rings. The first-order chi connectivity index (χ1) is 10.3. The Kier molecular flexibility index (Phi) is 7.25. The summed E-state index contributed by atoms with van der Waals surface area (Å²) >= 11 is 0. The van der Waals surface area contributed by atoms with E-state index in [0.717, 1.165) is 18.3 Å². The monoisotopic (exact) mass is 292 g/mol. The van der Waals surface area contributed by atoms with E-state index in [4.69, 9.17) is 0 Å². The summed E-state index contributed by atoms with van der Waals surface area (Å²) in [6, 6.07) is 0. The smallest absolute Gasteiger partial charge is 0.240 e. The van der Waals surface area contributed by atoms with Crippen molar-refractivity contribution in [1.82, 2.24) is 5.43 Å². The lowest BCUT2D eigenvalue weighted by molar-refractivity contribution is -0.121. The van der Waals surface area contributed by atoms with Crippen LogP contribution in [0.5, 0.6) is 0 Å². The minimum atomic E-state index is 0.0861. The van der Waals surface area contributed by atoms with Gasteiger partial charge in [0.2, 0.25) is 5.91 Å². The molecule has 120 valence electrons. The van der Waals surface area contributed by atoms with Crippen molar-refractivity contribution in [2.75, 3.05) is 0 Å². The van der Waals surface area contributed by atoms with Crippen molar-refractivity contribution in [2.45, 2.75) is 84.0 Å². The first-order valence-electron chi connectivity index (χ1n) is 9.11. The Labute approximate surface area is 130 Å². The van der Waals surface area contributed by atoms with Gasteiger partial charge in [-0.25, -0.2) is 5.43 Å². The highest BCUT2D eigenvalue weighted by atomic mass is 16.2. The van der Waals surface area contributed by atoms with Crippen LogP contribution in [0.25, 0.3) is 0 Å². The molecule has 2 saturated carbocycles. The average molecular weight is 292 g/mol. The van der Waals surface area contributed by atoms with Crippen LogP contribution in [0.15, 0.2) is 5.10 Å². The van der Waals surface area contributed by atoms with Crippen LogP contribution in [0, 0.1) is 17.8 Å². The quantitative estimate of drug-likeness (QED) is 0.355. The molecular formula is C18H32N2O. The van der Waals surface area contributed by atoms with E-state index < -0.39 is 0 Å². The van der Waals surface area contributed by atoms with Crippen LogP contribution in [0.2, 0.25) is 0 Å². The normalized spacial score (nSPS) is 27.6. The number of hydrogen-bond acceptors (Lipinski definition) is 2. The fraction of sp³-hybridized carbons (Fsp3) is 0.889. The van der Waals surface area contributed by atoms with E-state index in [1.54, 1.807) is 0 Å². The van der Waals surface area contributed by atoms with Crippen molar-refractivity contribution in [2.24, 2.45) is 22.9 Å². The molecule has 3 atom stereocenters. The van der Waals surface area contributed by atoms with Crippen LogP contribution in [0.1, 0.15) is 84.0 Å². The molecular weight excluding hydrogens is 260 g/mol. The Balaban J connectivity index is 1.46. The minimum Gasteiger partial charge on any atom is -0.273 e. The van der Waals surface area contributed by atoms with Crippen molar-refractivity contribution in [3.05, 3.63) is 0 Å². The SMILES string of the molecule is CCCCCCCCCC(=O)NN=CC1CC2CCC1C2. The Morgan fingerprint density at radius 1 is 1.10 bits per heavy atom. The Bertz CT molecular complexity index is 340. The fourth-order valence-corrected chi connectivity index (χ4v) is 3.98. The van der Waals surface area contributed by atoms with Gasteiger partial charge < -0.3 is 0 Å². The lowest BCUT2D eigenvalue weighted by atomic mass is 9.90. The highest BCUT2D eigenvalue weighted by Crippen LogP contribution is 2.47. The van der Waals surface area contributed by atoms with Crippen LogP contribution in [0.3, 0.4) is 0 Å². The van der Waals surface area contributed by atoms with Crippen LogP contribution in [-0.4, -0.2) is 12.1 Å². The highest BCUT2D eigenvalue weighted by molar-refractivity contribution is 5.76. The number of carbonyl (C=O) groups is 1. The molecule has 1 N–H and O–H groups in total. The number of rotatable bonds is 10. The summed E-state index contributed by atoms with van der Waals surface area (Å²) in [7, 11) is 0. The van der Waals surface area contributed by atoms with Gasteiger partial charge in [-0.2, -0.15) is 5.10 Å². The first kappa shape index (κ1) is 16.5. The minimum absolute atomic E-state index is 0.0861. The molecule has 2 bridgehead atoms. The van der Waals surface area contributed by atoms with Gasteiger partial charge in [0.05, 0.1) is 0 Å². The maximum atomic E-state index is 11.7. The number of unbranched alkanes of at least 4 members (excludes halogenated alkanes) is 6. The molecule has 2 rings (SSSR count). The Morgan fingerprint density at radius 3 is 2.52 bits per heavy atom. The molecule has 0 radical (unpaired) electrons. The van der Waals surface area contributed by atoms with Gasteiger partial charge in [0.15, 0.2) is 0 Å². The van der Waals surface area contributed by atoms with Crippen LogP contribution < -0.4 is 5.43 Å². The standard InChI is InChI=1S/C18H32N2O/c1-2-3-4-5-6-7-8-9-18(21)20-19-14-17-13-15-10-11-16(17)12-15/h14-17H,2-13H2,1H3,(H,20,21). The van der Waals surface area contributed by atoms with Crippen molar-refractivity contribution in [1.29, 1.82) is 0 Å². The summed E-state index contributed by atoms with van der Waals surface area (Å²) < 4.78 is 0. The van der Waals surface area contributed by atoms with Gasteiger partial charge in [-0.15, -0.1) is 0 Å². The second kappa shape index (κ2) is 9.22. The third kappa shape index (κ3) is 5.80. The van der Waals surface area contributed by atoms with Crippen LogP contribution >= 0.6 is 0 Å². The molecule has 0 saturated heterocycles. The number of hydrogen-bond donors (Lipinski definition) is 1. The summed E-state index contributed by atoms with van der Waals surface area (Å²) in [4.78, 5) is 11.7. The van der Waals surface area contributed by atoms with E-state index in [-0.39, 0.29) is 5.91 Å². The number of carbonyl (C=O) groups excluding carboxylic acids is 1. The van der Waals surface area contributed by atoms with Gasteiger partial charge in [0.25, 0.3) is 0 Å². The molecule has 2 aliphatic carbocycles. The molecule has 0 spiro atoms. The van der Waals surface area contributed by atoms with Crippen molar-refractivity contribution in [3.8, 4) is 0 Å². The fourth-order valence-electron chi connectivity index (χ4n) is 3.98.